The van der Waals surface area contributed by atoms with Crippen LogP contribution in [0.3, 0.4) is 0 Å². The molecule has 2 unspecified atom stereocenters. The number of alkyl halides is 8. The Bertz CT molecular complexity index is 768. The zero-order valence-corrected chi connectivity index (χ0v) is 17.2. The third-order valence-electron chi connectivity index (χ3n) is 2.79. The van der Waals surface area contributed by atoms with Gasteiger partial charge in [-0.15, -0.1) is 0 Å². The minimum absolute atomic E-state index is 2.55. The first-order valence-electron chi connectivity index (χ1n) is 5.79. The van der Waals surface area contributed by atoms with Crippen LogP contribution in [-0.2, 0) is 9.05 Å². The van der Waals surface area contributed by atoms with Gasteiger partial charge in [0.15, 0.2) is 0 Å². The molecule has 0 fully saturated rings. The molecule has 0 aliphatic carbocycles. The van der Waals surface area contributed by atoms with Crippen LogP contribution in [0.25, 0.3) is 0 Å². The first-order valence-corrected chi connectivity index (χ1v) is 14.3. The summed E-state index contributed by atoms with van der Waals surface area (Å²) in [4.78, 5) is 0. The summed E-state index contributed by atoms with van der Waals surface area (Å²) in [5, 5.41) is 0. The first kappa shape index (κ1) is 23.5. The van der Waals surface area contributed by atoms with Gasteiger partial charge in [-0.25, -0.2) is 0 Å². The number of hydrogen-bond donors (Lipinski definition) is 0. The third kappa shape index (κ3) is 4.08. The van der Waals surface area contributed by atoms with E-state index in [1.165, 1.54) is 0 Å². The van der Waals surface area contributed by atoms with Gasteiger partial charge >= 0.3 is 37.3 Å². The van der Waals surface area contributed by atoms with Crippen molar-refractivity contribution in [2.45, 2.75) is 23.7 Å². The molecule has 2 aliphatic rings. The molecule has 2 atom stereocenters. The Labute approximate surface area is 159 Å². The molecular weight excluding hydrogens is 533 g/mol. The number of fused-ring (bicyclic) bond motifs is 1. The smallest absolute Gasteiger partial charge is 0.309 e. The number of rotatable bonds is 0. The van der Waals surface area contributed by atoms with E-state index in [1.54, 1.807) is 0 Å². The van der Waals surface area contributed by atoms with Gasteiger partial charge in [0, 0.05) is 0 Å². The summed E-state index contributed by atoms with van der Waals surface area (Å²) in [5.41, 5.74) is 0. The Morgan fingerprint density at radius 2 is 0.962 bits per heavy atom. The minimum Gasteiger partial charge on any atom is -0.309 e. The van der Waals surface area contributed by atoms with Crippen LogP contribution in [0.2, 0.25) is 0 Å². The van der Waals surface area contributed by atoms with E-state index in [0.29, 0.717) is 0 Å². The van der Waals surface area contributed by atoms with Crippen LogP contribution in [0.15, 0.2) is 13.5 Å². The van der Waals surface area contributed by atoms with Crippen molar-refractivity contribution < 1.29 is 44.2 Å². The first-order chi connectivity index (χ1) is 11.3. The summed E-state index contributed by atoms with van der Waals surface area (Å²) in [6.45, 7) is -14.0. The van der Waals surface area contributed by atoms with Gasteiger partial charge in [-0.3, -0.25) is 0 Å². The van der Waals surface area contributed by atoms with Gasteiger partial charge < -0.3 is 9.05 Å². The second-order valence-electron chi connectivity index (χ2n) is 4.77. The number of halogens is 12. The highest BCUT2D eigenvalue weighted by molar-refractivity contribution is 8.16. The van der Waals surface area contributed by atoms with Crippen molar-refractivity contribution in [2.75, 3.05) is 13.2 Å². The molecule has 26 heavy (non-hydrogen) atoms. The standard InChI is InChI=1S/C6H4Cl4F8N3O2P3/c7-24(8)19-25(9)21-26(10,20-24)23-2-4(13,14)6(17,18)5(15,16)3(11,12)1-22-25/h1-2H2. The molecule has 0 aromatic rings. The molecule has 0 amide bonds. The monoisotopic (exact) mass is 535 g/mol. The molecule has 0 aromatic heterocycles. The van der Waals surface area contributed by atoms with Crippen molar-refractivity contribution >= 4 is 64.4 Å². The molecule has 0 saturated heterocycles. The average Bonchev–Trinajstić information content (AvgIpc) is 2.40. The molecule has 2 rings (SSSR count). The topological polar surface area (TPSA) is 55.5 Å². The van der Waals surface area contributed by atoms with Crippen molar-refractivity contribution in [3.8, 4) is 0 Å². The van der Waals surface area contributed by atoms with Crippen LogP contribution in [0, 0.1) is 0 Å². The van der Waals surface area contributed by atoms with E-state index < -0.39 is 56.4 Å². The molecule has 0 radical (unpaired) electrons. The zero-order chi connectivity index (χ0) is 20.4. The maximum Gasteiger partial charge on any atom is 0.380 e. The molecule has 154 valence electrons. The average molecular weight is 537 g/mol. The van der Waals surface area contributed by atoms with E-state index in [4.69, 9.17) is 45.0 Å². The highest BCUT2D eigenvalue weighted by Gasteiger charge is 2.80. The normalized spacial score (nSPS) is 40.2. The molecule has 0 N–H and O–H groups in total. The predicted octanol–water partition coefficient (Wildman–Crippen LogP) is 8.38. The van der Waals surface area contributed by atoms with E-state index in [2.05, 4.69) is 22.6 Å². The van der Waals surface area contributed by atoms with E-state index in [0.717, 1.165) is 0 Å². The maximum absolute atomic E-state index is 13.6. The maximum atomic E-state index is 13.6. The second-order valence-corrected chi connectivity index (χ2v) is 16.2. The second kappa shape index (κ2) is 6.61. The minimum atomic E-state index is -6.56. The van der Waals surface area contributed by atoms with Crippen molar-refractivity contribution in [2.24, 2.45) is 13.5 Å². The summed E-state index contributed by atoms with van der Waals surface area (Å²) < 4.78 is 127. The van der Waals surface area contributed by atoms with Crippen LogP contribution in [0.4, 0.5) is 35.1 Å². The summed E-state index contributed by atoms with van der Waals surface area (Å²) in [5.74, 6) is -28.7. The molecule has 2 aliphatic heterocycles. The van der Waals surface area contributed by atoms with E-state index in [-0.39, 0.29) is 0 Å². The quantitative estimate of drug-likeness (QED) is 0.231. The predicted molar refractivity (Wildman–Crippen MR) is 83.1 cm³/mol. The summed E-state index contributed by atoms with van der Waals surface area (Å²) in [6, 6.07) is 0. The van der Waals surface area contributed by atoms with Crippen molar-refractivity contribution in [1.29, 1.82) is 0 Å². The Kier molecular flexibility index (Phi) is 5.97. The van der Waals surface area contributed by atoms with Crippen molar-refractivity contribution in [1.82, 2.24) is 0 Å². The molecular formula is C6H4Cl4F8N3O2P3. The Hall–Kier alpha value is 1.21. The summed E-state index contributed by atoms with van der Waals surface area (Å²) in [6.07, 6.45) is 0. The molecule has 2 bridgehead atoms. The van der Waals surface area contributed by atoms with Crippen LogP contribution in [-0.4, -0.2) is 36.9 Å². The van der Waals surface area contributed by atoms with Crippen molar-refractivity contribution in [3.63, 3.8) is 0 Å². The number of hydrogen-bond acceptors (Lipinski definition) is 5. The lowest BCUT2D eigenvalue weighted by Crippen LogP contribution is -2.64. The summed E-state index contributed by atoms with van der Waals surface area (Å²) in [7, 11) is 0. The number of nitrogens with zero attached hydrogens (tertiary/aromatic N) is 3. The fraction of sp³-hybridized carbons (Fsp3) is 1.00. The highest BCUT2D eigenvalue weighted by atomic mass is 35.9. The van der Waals surface area contributed by atoms with Gasteiger partial charge in [0.1, 0.15) is 13.2 Å². The van der Waals surface area contributed by atoms with Crippen LogP contribution < -0.4 is 0 Å². The van der Waals surface area contributed by atoms with Gasteiger partial charge in [0.2, 0.25) is 0 Å². The van der Waals surface area contributed by atoms with Crippen LogP contribution in [0.1, 0.15) is 0 Å². The SMILES string of the molecule is FC1(F)COP2(Cl)=NP(Cl)(Cl)=NP(Cl)(=N2)OCC(F)(F)C(F)(F)C1(F)F. The Balaban J connectivity index is 2.71. The van der Waals surface area contributed by atoms with E-state index >= 15 is 0 Å². The van der Waals surface area contributed by atoms with Gasteiger partial charge in [-0.2, -0.15) is 48.7 Å². The fourth-order valence-corrected chi connectivity index (χ4v) is 16.2. The zero-order valence-electron chi connectivity index (χ0n) is 11.4. The lowest BCUT2D eigenvalue weighted by molar-refractivity contribution is -0.371. The molecule has 5 nitrogen and oxygen atoms in total. The molecule has 2 heterocycles. The van der Waals surface area contributed by atoms with E-state index in [9.17, 15) is 35.1 Å². The largest absolute Gasteiger partial charge is 0.380 e. The van der Waals surface area contributed by atoms with Gasteiger partial charge in [-0.1, -0.05) is 0 Å². The lowest BCUT2D eigenvalue weighted by atomic mass is 9.99. The van der Waals surface area contributed by atoms with Gasteiger partial charge in [0.05, 0.1) is 0 Å². The highest BCUT2D eigenvalue weighted by Crippen LogP contribution is 2.86. The molecule has 0 aromatic carbocycles. The van der Waals surface area contributed by atoms with Gasteiger partial charge in [-0.05, 0) is 45.0 Å². The molecule has 20 heteroatoms. The molecule has 0 spiro atoms. The van der Waals surface area contributed by atoms with Crippen molar-refractivity contribution in [3.05, 3.63) is 0 Å². The van der Waals surface area contributed by atoms with E-state index in [1.807, 2.05) is 0 Å². The van der Waals surface area contributed by atoms with Gasteiger partial charge in [0.25, 0.3) is 5.91 Å². The molecule has 0 saturated carbocycles. The lowest BCUT2D eigenvalue weighted by Gasteiger charge is -2.36. The Morgan fingerprint density at radius 1 is 0.615 bits per heavy atom. The van der Waals surface area contributed by atoms with Crippen LogP contribution >= 0.6 is 64.4 Å². The third-order valence-corrected chi connectivity index (χ3v) is 14.4. The Morgan fingerprint density at radius 3 is 1.35 bits per heavy atom. The summed E-state index contributed by atoms with van der Waals surface area (Å²) >= 11 is 22.5. The van der Waals surface area contributed by atoms with Crippen LogP contribution in [0.5, 0.6) is 0 Å². The fourth-order valence-electron chi connectivity index (χ4n) is 1.53.